The Balaban J connectivity index is 2.15. The summed E-state index contributed by atoms with van der Waals surface area (Å²) in [5.41, 5.74) is 0.964. The third-order valence-electron chi connectivity index (χ3n) is 2.30. The topological polar surface area (TPSA) is 55.1 Å². The maximum atomic E-state index is 11.7. The Morgan fingerprint density at radius 2 is 2.19 bits per heavy atom. The molecule has 0 saturated heterocycles. The Kier molecular flexibility index (Phi) is 2.72. The maximum absolute atomic E-state index is 11.7. The van der Waals surface area contributed by atoms with Gasteiger partial charge in [0.2, 0.25) is 0 Å². The molecule has 0 aromatic carbocycles. The van der Waals surface area contributed by atoms with Crippen LogP contribution in [0.4, 0.5) is 5.82 Å². The highest BCUT2D eigenvalue weighted by atomic mass is 16.3. The molecule has 2 rings (SSSR count). The van der Waals surface area contributed by atoms with Crippen molar-refractivity contribution in [2.75, 3.05) is 5.32 Å². The van der Waals surface area contributed by atoms with Gasteiger partial charge in [-0.25, -0.2) is 4.98 Å². The normalized spacial score (nSPS) is 10.1. The molecule has 2 aromatic heterocycles. The van der Waals surface area contributed by atoms with Crippen LogP contribution in [0.15, 0.2) is 34.9 Å². The first-order chi connectivity index (χ1) is 7.66. The van der Waals surface area contributed by atoms with Gasteiger partial charge in [-0.2, -0.15) is 0 Å². The summed E-state index contributed by atoms with van der Waals surface area (Å²) in [7, 11) is 0. The van der Waals surface area contributed by atoms with Crippen molar-refractivity contribution in [2.45, 2.75) is 13.8 Å². The van der Waals surface area contributed by atoms with Crippen molar-refractivity contribution < 1.29 is 9.21 Å². The molecule has 0 aliphatic carbocycles. The number of amides is 1. The lowest BCUT2D eigenvalue weighted by atomic mass is 10.3. The Morgan fingerprint density at radius 1 is 1.38 bits per heavy atom. The Hall–Kier alpha value is -2.10. The Morgan fingerprint density at radius 3 is 2.75 bits per heavy atom. The van der Waals surface area contributed by atoms with Gasteiger partial charge >= 0.3 is 0 Å². The quantitative estimate of drug-likeness (QED) is 0.839. The minimum atomic E-state index is -0.282. The van der Waals surface area contributed by atoms with E-state index >= 15 is 0 Å². The van der Waals surface area contributed by atoms with Crippen molar-refractivity contribution in [1.29, 1.82) is 0 Å². The van der Waals surface area contributed by atoms with Crippen LogP contribution in [0.1, 0.15) is 21.9 Å². The van der Waals surface area contributed by atoms with Crippen molar-refractivity contribution in [3.05, 3.63) is 47.5 Å². The van der Waals surface area contributed by atoms with Gasteiger partial charge in [0.05, 0.1) is 0 Å². The van der Waals surface area contributed by atoms with Crippen molar-refractivity contribution >= 4 is 11.7 Å². The Bertz CT molecular complexity index is 483. The number of carbonyl (C=O) groups excluding carboxylic acids is 1. The smallest absolute Gasteiger partial charge is 0.292 e. The van der Waals surface area contributed by atoms with Gasteiger partial charge in [0, 0.05) is 6.20 Å². The van der Waals surface area contributed by atoms with E-state index in [1.807, 2.05) is 13.8 Å². The van der Waals surface area contributed by atoms with Gasteiger partial charge in [0.15, 0.2) is 5.76 Å². The van der Waals surface area contributed by atoms with Crippen molar-refractivity contribution in [3.63, 3.8) is 0 Å². The van der Waals surface area contributed by atoms with Crippen LogP contribution in [0.25, 0.3) is 0 Å². The number of aromatic nitrogens is 1. The van der Waals surface area contributed by atoms with E-state index < -0.39 is 0 Å². The number of anilines is 1. The number of pyridine rings is 1. The molecule has 4 heteroatoms. The van der Waals surface area contributed by atoms with Gasteiger partial charge in [0.1, 0.15) is 11.6 Å². The van der Waals surface area contributed by atoms with E-state index in [9.17, 15) is 4.79 Å². The first kappa shape index (κ1) is 10.4. The lowest BCUT2D eigenvalue weighted by molar-refractivity contribution is 0.0995. The molecule has 0 fully saturated rings. The number of nitrogens with one attached hydrogen (secondary N) is 1. The number of carbonyl (C=O) groups is 1. The van der Waals surface area contributed by atoms with Crippen molar-refractivity contribution in [2.24, 2.45) is 0 Å². The van der Waals surface area contributed by atoms with Gasteiger partial charge in [0.25, 0.3) is 5.91 Å². The zero-order valence-corrected chi connectivity index (χ0v) is 9.15. The molecule has 0 spiro atoms. The predicted octanol–water partition coefficient (Wildman–Crippen LogP) is 2.54. The summed E-state index contributed by atoms with van der Waals surface area (Å²) in [5.74, 6) is 1.29. The van der Waals surface area contributed by atoms with E-state index in [4.69, 9.17) is 4.42 Å². The molecule has 2 aromatic rings. The molecule has 0 unspecified atom stereocenters. The van der Waals surface area contributed by atoms with Gasteiger partial charge in [-0.15, -0.1) is 0 Å². The minimum Gasteiger partial charge on any atom is -0.456 e. The van der Waals surface area contributed by atoms with Crippen LogP contribution >= 0.6 is 0 Å². The second-order valence-corrected chi connectivity index (χ2v) is 3.52. The Labute approximate surface area is 93.3 Å². The highest BCUT2D eigenvalue weighted by Crippen LogP contribution is 2.14. The number of hydrogen-bond acceptors (Lipinski definition) is 3. The van der Waals surface area contributed by atoms with Crippen LogP contribution in [0.2, 0.25) is 0 Å². The van der Waals surface area contributed by atoms with E-state index in [1.165, 1.54) is 0 Å². The fraction of sp³-hybridized carbons (Fsp3) is 0.167. The summed E-state index contributed by atoms with van der Waals surface area (Å²) < 4.78 is 5.31. The molecule has 0 aliphatic rings. The zero-order valence-electron chi connectivity index (χ0n) is 9.15. The second kappa shape index (κ2) is 4.18. The van der Waals surface area contributed by atoms with E-state index in [0.29, 0.717) is 11.6 Å². The summed E-state index contributed by atoms with van der Waals surface area (Å²) in [6, 6.07) is 7.03. The summed E-state index contributed by atoms with van der Waals surface area (Å²) in [5, 5.41) is 2.65. The van der Waals surface area contributed by atoms with Crippen molar-refractivity contribution in [3.8, 4) is 0 Å². The van der Waals surface area contributed by atoms with Gasteiger partial charge < -0.3 is 9.73 Å². The fourth-order valence-electron chi connectivity index (χ4n) is 1.30. The zero-order chi connectivity index (χ0) is 11.5. The van der Waals surface area contributed by atoms with Gasteiger partial charge in [-0.3, -0.25) is 4.79 Å². The molecule has 82 valence electrons. The molecule has 1 N–H and O–H groups in total. The van der Waals surface area contributed by atoms with Crippen LogP contribution < -0.4 is 5.32 Å². The second-order valence-electron chi connectivity index (χ2n) is 3.52. The first-order valence-corrected chi connectivity index (χ1v) is 4.96. The number of hydrogen-bond donors (Lipinski definition) is 1. The number of furan rings is 1. The monoisotopic (exact) mass is 216 g/mol. The van der Waals surface area contributed by atoms with Crippen molar-refractivity contribution in [1.82, 2.24) is 4.98 Å². The molecule has 4 nitrogen and oxygen atoms in total. The van der Waals surface area contributed by atoms with E-state index in [-0.39, 0.29) is 5.91 Å². The average Bonchev–Trinajstić information content (AvgIpc) is 2.61. The third-order valence-corrected chi connectivity index (χ3v) is 2.30. The number of nitrogens with zero attached hydrogens (tertiary/aromatic N) is 1. The van der Waals surface area contributed by atoms with E-state index in [2.05, 4.69) is 10.3 Å². The van der Waals surface area contributed by atoms with E-state index in [1.54, 1.807) is 30.5 Å². The lowest BCUT2D eigenvalue weighted by Gasteiger charge is -2.00. The van der Waals surface area contributed by atoms with Crippen LogP contribution in [0.3, 0.4) is 0 Å². The molecular weight excluding hydrogens is 204 g/mol. The summed E-state index contributed by atoms with van der Waals surface area (Å²) in [4.78, 5) is 15.7. The van der Waals surface area contributed by atoms with Crippen LogP contribution in [0, 0.1) is 13.8 Å². The highest BCUT2D eigenvalue weighted by molar-refractivity contribution is 6.01. The predicted molar refractivity (Wildman–Crippen MR) is 60.4 cm³/mol. The third kappa shape index (κ3) is 2.11. The SMILES string of the molecule is Cc1cc(C(=O)Nc2ccccn2)oc1C. The summed E-state index contributed by atoms with van der Waals surface area (Å²) in [6.07, 6.45) is 1.62. The van der Waals surface area contributed by atoms with Crippen LogP contribution in [0.5, 0.6) is 0 Å². The molecule has 16 heavy (non-hydrogen) atoms. The highest BCUT2D eigenvalue weighted by Gasteiger charge is 2.12. The van der Waals surface area contributed by atoms with Gasteiger partial charge in [-0.1, -0.05) is 6.07 Å². The van der Waals surface area contributed by atoms with E-state index in [0.717, 1.165) is 11.3 Å². The van der Waals surface area contributed by atoms with Crippen LogP contribution in [-0.4, -0.2) is 10.9 Å². The molecular formula is C12H12N2O2. The minimum absolute atomic E-state index is 0.282. The molecule has 0 radical (unpaired) electrons. The summed E-state index contributed by atoms with van der Waals surface area (Å²) in [6.45, 7) is 3.73. The number of aryl methyl sites for hydroxylation is 2. The molecule has 2 heterocycles. The molecule has 0 bridgehead atoms. The largest absolute Gasteiger partial charge is 0.456 e. The lowest BCUT2D eigenvalue weighted by Crippen LogP contribution is -2.11. The summed E-state index contributed by atoms with van der Waals surface area (Å²) >= 11 is 0. The molecule has 0 atom stereocenters. The van der Waals surface area contributed by atoms with Crippen LogP contribution in [-0.2, 0) is 0 Å². The standard InChI is InChI=1S/C12H12N2O2/c1-8-7-10(16-9(8)2)12(15)14-11-5-3-4-6-13-11/h3-7H,1-2H3,(H,13,14,15). The maximum Gasteiger partial charge on any atom is 0.292 e. The average molecular weight is 216 g/mol. The number of rotatable bonds is 2. The van der Waals surface area contributed by atoms with Gasteiger partial charge in [-0.05, 0) is 37.6 Å². The fourth-order valence-corrected chi connectivity index (χ4v) is 1.30. The molecule has 0 saturated carbocycles. The first-order valence-electron chi connectivity index (χ1n) is 4.96. The molecule has 1 amide bonds. The molecule has 0 aliphatic heterocycles.